The molecule has 0 aliphatic carbocycles. The van der Waals surface area contributed by atoms with Gasteiger partial charge in [0.2, 0.25) is 5.89 Å². The molecule has 22 heavy (non-hydrogen) atoms. The number of pyridine rings is 1. The van der Waals surface area contributed by atoms with Crippen molar-refractivity contribution in [1.82, 2.24) is 24.9 Å². The molecule has 2 aromatic rings. The Labute approximate surface area is 135 Å². The lowest BCUT2D eigenvalue weighted by atomic mass is 10.2. The highest BCUT2D eigenvalue weighted by Gasteiger charge is 2.25. The van der Waals surface area contributed by atoms with Crippen molar-refractivity contribution in [3.63, 3.8) is 0 Å². The summed E-state index contributed by atoms with van der Waals surface area (Å²) in [4.78, 5) is 13.1. The highest BCUT2D eigenvalue weighted by molar-refractivity contribution is 6.31. The number of piperazine rings is 1. The van der Waals surface area contributed by atoms with Gasteiger partial charge in [0.25, 0.3) is 0 Å². The van der Waals surface area contributed by atoms with Gasteiger partial charge in [0.1, 0.15) is 0 Å². The molecule has 1 saturated heterocycles. The topological polar surface area (TPSA) is 58.3 Å². The Morgan fingerprint density at radius 2 is 2.09 bits per heavy atom. The van der Waals surface area contributed by atoms with Gasteiger partial charge in [-0.05, 0) is 25.5 Å². The first-order valence-electron chi connectivity index (χ1n) is 7.48. The lowest BCUT2D eigenvalue weighted by Gasteiger charge is -2.36. The van der Waals surface area contributed by atoms with E-state index in [1.807, 2.05) is 13.0 Å². The Kier molecular flexibility index (Phi) is 4.71. The van der Waals surface area contributed by atoms with E-state index in [1.54, 1.807) is 12.4 Å². The molecule has 7 heteroatoms. The summed E-state index contributed by atoms with van der Waals surface area (Å²) < 4.78 is 5.28. The monoisotopic (exact) mass is 321 g/mol. The third-order valence-corrected chi connectivity index (χ3v) is 4.45. The molecule has 0 N–H and O–H groups in total. The summed E-state index contributed by atoms with van der Waals surface area (Å²) in [5.74, 6) is 1.39. The fourth-order valence-corrected chi connectivity index (χ4v) is 2.90. The van der Waals surface area contributed by atoms with Crippen molar-refractivity contribution in [3.8, 4) is 0 Å². The van der Waals surface area contributed by atoms with Crippen LogP contribution in [0.2, 0.25) is 5.02 Å². The zero-order chi connectivity index (χ0) is 15.5. The Morgan fingerprint density at radius 3 is 2.73 bits per heavy atom. The Morgan fingerprint density at radius 1 is 1.32 bits per heavy atom. The lowest BCUT2D eigenvalue weighted by molar-refractivity contribution is 0.0845. The van der Waals surface area contributed by atoms with Gasteiger partial charge < -0.3 is 4.52 Å². The second kappa shape index (κ2) is 6.73. The zero-order valence-electron chi connectivity index (χ0n) is 12.9. The predicted molar refractivity (Wildman–Crippen MR) is 83.5 cm³/mol. The number of aromatic nitrogens is 3. The van der Waals surface area contributed by atoms with Crippen LogP contribution in [0.15, 0.2) is 23.0 Å². The van der Waals surface area contributed by atoms with Crippen LogP contribution >= 0.6 is 11.6 Å². The SMILES string of the molecule is Cc1noc(C(C)N2CCN(Cc3ccncc3Cl)CC2)n1. The van der Waals surface area contributed by atoms with E-state index in [0.29, 0.717) is 11.7 Å². The molecule has 0 bridgehead atoms. The number of nitrogens with zero attached hydrogens (tertiary/aromatic N) is 5. The van der Waals surface area contributed by atoms with Crippen LogP contribution < -0.4 is 0 Å². The number of rotatable bonds is 4. The molecule has 1 aliphatic rings. The average Bonchev–Trinajstić information content (AvgIpc) is 2.96. The third-order valence-electron chi connectivity index (χ3n) is 4.11. The molecule has 3 heterocycles. The van der Waals surface area contributed by atoms with E-state index in [-0.39, 0.29) is 6.04 Å². The molecule has 0 radical (unpaired) electrons. The largest absolute Gasteiger partial charge is 0.338 e. The van der Waals surface area contributed by atoms with Crippen molar-refractivity contribution in [2.45, 2.75) is 26.4 Å². The van der Waals surface area contributed by atoms with Gasteiger partial charge in [-0.2, -0.15) is 4.98 Å². The van der Waals surface area contributed by atoms with E-state index < -0.39 is 0 Å². The Balaban J connectivity index is 1.55. The number of halogens is 1. The second-order valence-corrected chi connectivity index (χ2v) is 6.04. The normalized spacial score (nSPS) is 18.5. The standard InChI is InChI=1S/C15H20ClN5O/c1-11(15-18-12(2)19-22-15)21-7-5-20(6-8-21)10-13-3-4-17-9-14(13)16/h3-4,9,11H,5-8,10H2,1-2H3. The van der Waals surface area contributed by atoms with Crippen LogP contribution in [0.4, 0.5) is 0 Å². The molecular formula is C15H20ClN5O. The summed E-state index contributed by atoms with van der Waals surface area (Å²) in [5.41, 5.74) is 1.13. The maximum atomic E-state index is 6.18. The van der Waals surface area contributed by atoms with Gasteiger partial charge in [-0.3, -0.25) is 14.8 Å². The van der Waals surface area contributed by atoms with Crippen molar-refractivity contribution >= 4 is 11.6 Å². The van der Waals surface area contributed by atoms with Crippen LogP contribution in [-0.2, 0) is 6.54 Å². The van der Waals surface area contributed by atoms with Gasteiger partial charge in [0.15, 0.2) is 5.82 Å². The highest BCUT2D eigenvalue weighted by Crippen LogP contribution is 2.22. The van der Waals surface area contributed by atoms with Gasteiger partial charge in [-0.15, -0.1) is 0 Å². The van der Waals surface area contributed by atoms with E-state index in [2.05, 4.69) is 31.8 Å². The van der Waals surface area contributed by atoms with Gasteiger partial charge in [-0.25, -0.2) is 0 Å². The number of aryl methyl sites for hydroxylation is 1. The minimum absolute atomic E-state index is 0.160. The smallest absolute Gasteiger partial charge is 0.243 e. The van der Waals surface area contributed by atoms with Gasteiger partial charge in [0, 0.05) is 45.1 Å². The van der Waals surface area contributed by atoms with Crippen molar-refractivity contribution < 1.29 is 4.52 Å². The average molecular weight is 322 g/mol. The summed E-state index contributed by atoms with van der Waals surface area (Å²) in [6.07, 6.45) is 3.49. The van der Waals surface area contributed by atoms with Crippen LogP contribution in [0, 0.1) is 6.92 Å². The van der Waals surface area contributed by atoms with E-state index >= 15 is 0 Å². The molecule has 1 unspecified atom stereocenters. The molecule has 1 fully saturated rings. The van der Waals surface area contributed by atoms with Crippen molar-refractivity contribution in [2.24, 2.45) is 0 Å². The lowest BCUT2D eigenvalue weighted by Crippen LogP contribution is -2.46. The minimum atomic E-state index is 0.160. The molecular weight excluding hydrogens is 302 g/mol. The fraction of sp³-hybridized carbons (Fsp3) is 0.533. The summed E-state index contributed by atoms with van der Waals surface area (Å²) in [7, 11) is 0. The molecule has 6 nitrogen and oxygen atoms in total. The van der Waals surface area contributed by atoms with Gasteiger partial charge >= 0.3 is 0 Å². The first-order chi connectivity index (χ1) is 10.6. The summed E-state index contributed by atoms with van der Waals surface area (Å²) in [6, 6.07) is 2.14. The van der Waals surface area contributed by atoms with E-state index in [4.69, 9.17) is 16.1 Å². The number of hydrogen-bond donors (Lipinski definition) is 0. The molecule has 0 saturated carbocycles. The molecule has 0 amide bonds. The summed E-state index contributed by atoms with van der Waals surface area (Å²) >= 11 is 6.18. The number of hydrogen-bond acceptors (Lipinski definition) is 6. The fourth-order valence-electron chi connectivity index (χ4n) is 2.72. The van der Waals surface area contributed by atoms with Crippen molar-refractivity contribution in [3.05, 3.63) is 40.8 Å². The van der Waals surface area contributed by atoms with Crippen LogP contribution in [-0.4, -0.2) is 51.1 Å². The van der Waals surface area contributed by atoms with Crippen molar-refractivity contribution in [1.29, 1.82) is 0 Å². The molecule has 3 rings (SSSR count). The highest BCUT2D eigenvalue weighted by atomic mass is 35.5. The van der Waals surface area contributed by atoms with Crippen molar-refractivity contribution in [2.75, 3.05) is 26.2 Å². The maximum Gasteiger partial charge on any atom is 0.243 e. The summed E-state index contributed by atoms with van der Waals surface area (Å²) in [5, 5.41) is 4.61. The van der Waals surface area contributed by atoms with E-state index in [0.717, 1.165) is 43.3 Å². The van der Waals surface area contributed by atoms with E-state index in [9.17, 15) is 0 Å². The van der Waals surface area contributed by atoms with Crippen LogP contribution in [0.3, 0.4) is 0 Å². The van der Waals surface area contributed by atoms with Crippen LogP contribution in [0.1, 0.15) is 30.2 Å². The Bertz CT molecular complexity index is 624. The zero-order valence-corrected chi connectivity index (χ0v) is 13.6. The molecule has 1 aliphatic heterocycles. The first kappa shape index (κ1) is 15.4. The maximum absolute atomic E-state index is 6.18. The van der Waals surface area contributed by atoms with Crippen LogP contribution in [0.25, 0.3) is 0 Å². The van der Waals surface area contributed by atoms with Gasteiger partial charge in [0.05, 0.1) is 11.1 Å². The molecule has 118 valence electrons. The second-order valence-electron chi connectivity index (χ2n) is 5.64. The molecule has 0 spiro atoms. The molecule has 2 aromatic heterocycles. The van der Waals surface area contributed by atoms with Crippen LogP contribution in [0.5, 0.6) is 0 Å². The van der Waals surface area contributed by atoms with Gasteiger partial charge in [-0.1, -0.05) is 16.8 Å². The molecule has 0 aromatic carbocycles. The molecule has 1 atom stereocenters. The first-order valence-corrected chi connectivity index (χ1v) is 7.86. The predicted octanol–water partition coefficient (Wildman–Crippen LogP) is 2.31. The minimum Gasteiger partial charge on any atom is -0.338 e. The Hall–Kier alpha value is -1.50. The summed E-state index contributed by atoms with van der Waals surface area (Å²) in [6.45, 7) is 8.77. The quantitative estimate of drug-likeness (QED) is 0.861. The third kappa shape index (κ3) is 3.45. The van der Waals surface area contributed by atoms with E-state index in [1.165, 1.54) is 0 Å².